The number of benzene rings is 1. The van der Waals surface area contributed by atoms with Crippen LogP contribution in [0, 0.1) is 5.82 Å². The van der Waals surface area contributed by atoms with E-state index in [2.05, 4.69) is 4.72 Å². The quantitative estimate of drug-likeness (QED) is 0.574. The smallest absolute Gasteiger partial charge is 0.123 e. The summed E-state index contributed by atoms with van der Waals surface area (Å²) in [4.78, 5) is 1.14. The summed E-state index contributed by atoms with van der Waals surface area (Å²) in [5.41, 5.74) is 1.06. The van der Waals surface area contributed by atoms with Gasteiger partial charge in [-0.25, -0.2) is 4.39 Å². The van der Waals surface area contributed by atoms with E-state index >= 15 is 0 Å². The van der Waals surface area contributed by atoms with Gasteiger partial charge in [-0.3, -0.25) is 4.72 Å². The molecule has 0 amide bonds. The lowest BCUT2D eigenvalue weighted by molar-refractivity contribution is 0.624. The highest BCUT2D eigenvalue weighted by molar-refractivity contribution is 7.97. The monoisotopic (exact) mass is 155 g/mol. The van der Waals surface area contributed by atoms with Crippen molar-refractivity contribution in [3.63, 3.8) is 0 Å². The van der Waals surface area contributed by atoms with Crippen LogP contribution < -0.4 is 4.72 Å². The van der Waals surface area contributed by atoms with E-state index < -0.39 is 0 Å². The zero-order valence-electron chi connectivity index (χ0n) is 5.23. The lowest BCUT2D eigenvalue weighted by Gasteiger charge is -1.93. The summed E-state index contributed by atoms with van der Waals surface area (Å²) in [7, 11) is 0. The van der Waals surface area contributed by atoms with Crippen molar-refractivity contribution in [3.05, 3.63) is 29.6 Å². The lowest BCUT2D eigenvalue weighted by atomic mass is 10.2. The largest absolute Gasteiger partial charge is 0.255 e. The Labute approximate surface area is 62.8 Å². The molecule has 0 atom stereocenters. The van der Waals surface area contributed by atoms with Gasteiger partial charge in [0.05, 0.1) is 0 Å². The van der Waals surface area contributed by atoms with Gasteiger partial charge >= 0.3 is 0 Å². The van der Waals surface area contributed by atoms with Gasteiger partial charge in [0.15, 0.2) is 0 Å². The fourth-order valence-corrected chi connectivity index (χ4v) is 1.76. The molecule has 0 spiro atoms. The molecule has 52 valence electrons. The lowest BCUT2D eigenvalue weighted by Crippen LogP contribution is -1.91. The van der Waals surface area contributed by atoms with Crippen LogP contribution in [0.5, 0.6) is 0 Å². The predicted molar refractivity (Wildman–Crippen MR) is 39.1 cm³/mol. The van der Waals surface area contributed by atoms with Crippen molar-refractivity contribution in [2.24, 2.45) is 0 Å². The van der Waals surface area contributed by atoms with Crippen molar-refractivity contribution in [2.45, 2.75) is 11.4 Å². The average Bonchev–Trinajstić information content (AvgIpc) is 2.33. The third kappa shape index (κ3) is 0.914. The predicted octanol–water partition coefficient (Wildman–Crippen LogP) is 1.94. The number of halogens is 1. The molecule has 0 radical (unpaired) electrons. The minimum atomic E-state index is -0.150. The van der Waals surface area contributed by atoms with E-state index in [-0.39, 0.29) is 5.82 Å². The second kappa shape index (κ2) is 2.25. The molecule has 1 aliphatic heterocycles. The van der Waals surface area contributed by atoms with Gasteiger partial charge in [-0.05, 0) is 35.7 Å². The Morgan fingerprint density at radius 3 is 3.30 bits per heavy atom. The zero-order valence-corrected chi connectivity index (χ0v) is 6.04. The molecule has 1 heterocycles. The van der Waals surface area contributed by atoms with Crippen LogP contribution in [0.4, 0.5) is 4.39 Å². The third-order valence-electron chi connectivity index (χ3n) is 1.47. The van der Waals surface area contributed by atoms with Crippen molar-refractivity contribution >= 4 is 11.9 Å². The van der Waals surface area contributed by atoms with E-state index in [4.69, 9.17) is 0 Å². The molecule has 0 aromatic heterocycles. The van der Waals surface area contributed by atoms with Crippen molar-refractivity contribution in [3.8, 4) is 0 Å². The van der Waals surface area contributed by atoms with E-state index in [0.717, 1.165) is 17.0 Å². The molecule has 1 aromatic carbocycles. The number of nitrogens with one attached hydrogen (secondary N) is 1. The first-order valence-corrected chi connectivity index (χ1v) is 3.86. The van der Waals surface area contributed by atoms with Crippen molar-refractivity contribution in [1.82, 2.24) is 4.72 Å². The van der Waals surface area contributed by atoms with Crippen molar-refractivity contribution < 1.29 is 4.39 Å². The van der Waals surface area contributed by atoms with Crippen LogP contribution in [-0.4, -0.2) is 0 Å². The number of fused-ring (bicyclic) bond motifs is 1. The van der Waals surface area contributed by atoms with Gasteiger partial charge < -0.3 is 0 Å². The summed E-state index contributed by atoms with van der Waals surface area (Å²) in [6, 6.07) is 4.86. The molecule has 1 nitrogen and oxygen atoms in total. The van der Waals surface area contributed by atoms with Gasteiger partial charge in [-0.15, -0.1) is 0 Å². The highest BCUT2D eigenvalue weighted by atomic mass is 32.2. The minimum absolute atomic E-state index is 0.150. The molecule has 0 aliphatic carbocycles. The van der Waals surface area contributed by atoms with Crippen LogP contribution in [0.15, 0.2) is 23.1 Å². The van der Waals surface area contributed by atoms with Gasteiger partial charge in [-0.2, -0.15) is 0 Å². The Kier molecular flexibility index (Phi) is 1.39. The van der Waals surface area contributed by atoms with Gasteiger partial charge in [0, 0.05) is 11.4 Å². The maximum Gasteiger partial charge on any atom is 0.123 e. The van der Waals surface area contributed by atoms with Crippen LogP contribution in [0.25, 0.3) is 0 Å². The molecule has 0 bridgehead atoms. The highest BCUT2D eigenvalue weighted by Gasteiger charge is 2.10. The molecule has 0 saturated carbocycles. The van der Waals surface area contributed by atoms with Crippen LogP contribution >= 0.6 is 11.9 Å². The summed E-state index contributed by atoms with van der Waals surface area (Å²) < 4.78 is 15.6. The van der Waals surface area contributed by atoms with E-state index in [0.29, 0.717) is 0 Å². The van der Waals surface area contributed by atoms with E-state index in [1.54, 1.807) is 24.1 Å². The summed E-state index contributed by atoms with van der Waals surface area (Å²) in [5, 5.41) is 0. The topological polar surface area (TPSA) is 12.0 Å². The first-order chi connectivity index (χ1) is 4.86. The summed E-state index contributed by atoms with van der Waals surface area (Å²) in [6.07, 6.45) is 0. The van der Waals surface area contributed by atoms with Crippen LogP contribution in [0.2, 0.25) is 0 Å². The van der Waals surface area contributed by atoms with E-state index in [9.17, 15) is 4.39 Å². The molecule has 10 heavy (non-hydrogen) atoms. The van der Waals surface area contributed by atoms with Crippen molar-refractivity contribution in [1.29, 1.82) is 0 Å². The standard InChI is InChI=1S/C7H6FNS/c8-6-1-2-7-5(3-6)4-9-10-7/h1-3,9H,4H2. The Morgan fingerprint density at radius 1 is 1.50 bits per heavy atom. The third-order valence-corrected chi connectivity index (χ3v) is 2.37. The molecule has 1 aliphatic rings. The summed E-state index contributed by atoms with van der Waals surface area (Å²) in [5.74, 6) is -0.150. The fourth-order valence-electron chi connectivity index (χ4n) is 0.977. The first-order valence-electron chi connectivity index (χ1n) is 3.04. The number of hydrogen-bond acceptors (Lipinski definition) is 2. The Hall–Kier alpha value is -0.540. The molecule has 3 heteroatoms. The molecule has 2 rings (SSSR count). The molecule has 1 aromatic rings. The van der Waals surface area contributed by atoms with Gasteiger partial charge in [0.25, 0.3) is 0 Å². The van der Waals surface area contributed by atoms with Crippen LogP contribution in [-0.2, 0) is 6.54 Å². The number of hydrogen-bond donors (Lipinski definition) is 1. The molecule has 1 N–H and O–H groups in total. The second-order valence-corrected chi connectivity index (χ2v) is 3.11. The van der Waals surface area contributed by atoms with Crippen LogP contribution in [0.3, 0.4) is 0 Å². The molecular formula is C7H6FNS. The van der Waals surface area contributed by atoms with Crippen LogP contribution in [0.1, 0.15) is 5.56 Å². The Morgan fingerprint density at radius 2 is 2.40 bits per heavy atom. The second-order valence-electron chi connectivity index (χ2n) is 2.18. The minimum Gasteiger partial charge on any atom is -0.255 e. The van der Waals surface area contributed by atoms with Gasteiger partial charge in [0.1, 0.15) is 5.82 Å². The SMILES string of the molecule is Fc1ccc2c(c1)CNS2. The molecule has 0 unspecified atom stereocenters. The molecular weight excluding hydrogens is 149 g/mol. The van der Waals surface area contributed by atoms with Gasteiger partial charge in [0.2, 0.25) is 0 Å². The zero-order chi connectivity index (χ0) is 6.97. The summed E-state index contributed by atoms with van der Waals surface area (Å²) >= 11 is 1.56. The highest BCUT2D eigenvalue weighted by Crippen LogP contribution is 2.26. The number of rotatable bonds is 0. The van der Waals surface area contributed by atoms with Gasteiger partial charge in [-0.1, -0.05) is 0 Å². The van der Waals surface area contributed by atoms with E-state index in [1.165, 1.54) is 6.07 Å². The Balaban J connectivity index is 2.52. The maximum atomic E-state index is 12.5. The molecule has 0 fully saturated rings. The average molecular weight is 155 g/mol. The molecule has 0 saturated heterocycles. The van der Waals surface area contributed by atoms with Crippen molar-refractivity contribution in [2.75, 3.05) is 0 Å². The summed E-state index contributed by atoms with van der Waals surface area (Å²) in [6.45, 7) is 0.776. The normalized spacial score (nSPS) is 15.3. The maximum absolute atomic E-state index is 12.5. The van der Waals surface area contributed by atoms with E-state index in [1.807, 2.05) is 0 Å². The first kappa shape index (κ1) is 6.19. The Bertz CT molecular complexity index is 262. The fraction of sp³-hybridized carbons (Fsp3) is 0.143.